The second-order valence-corrected chi connectivity index (χ2v) is 8.56. The first-order valence-electron chi connectivity index (χ1n) is 8.52. The summed E-state index contributed by atoms with van der Waals surface area (Å²) in [5.74, 6) is 0.744. The number of rotatable bonds is 8. The van der Waals surface area contributed by atoms with E-state index in [9.17, 15) is 8.42 Å². The fraction of sp³-hybridized carbons (Fsp3) is 0.500. The summed E-state index contributed by atoms with van der Waals surface area (Å²) in [5, 5.41) is 7.71. The van der Waals surface area contributed by atoms with Crippen LogP contribution < -0.4 is 10.1 Å². The number of ether oxygens (including phenoxy) is 1. The highest BCUT2D eigenvalue weighted by molar-refractivity contribution is 7.89. The molecule has 7 nitrogen and oxygen atoms in total. The van der Waals surface area contributed by atoms with Gasteiger partial charge in [-0.2, -0.15) is 9.40 Å². The molecule has 0 atom stereocenters. The number of hydrogen-bond donors (Lipinski definition) is 1. The molecule has 144 valence electrons. The van der Waals surface area contributed by atoms with Crippen LogP contribution in [0.5, 0.6) is 5.88 Å². The molecule has 0 saturated carbocycles. The predicted molar refractivity (Wildman–Crippen MR) is 102 cm³/mol. The fourth-order valence-electron chi connectivity index (χ4n) is 2.69. The van der Waals surface area contributed by atoms with Gasteiger partial charge in [-0.15, -0.1) is 0 Å². The van der Waals surface area contributed by atoms with Crippen LogP contribution in [0, 0.1) is 6.92 Å². The number of methoxy groups -OCH3 is 1. The van der Waals surface area contributed by atoms with Crippen LogP contribution >= 0.6 is 0 Å². The molecule has 2 rings (SSSR count). The van der Waals surface area contributed by atoms with E-state index in [0.29, 0.717) is 18.0 Å². The molecule has 0 unspecified atom stereocenters. The third-order valence-corrected chi connectivity index (χ3v) is 6.49. The van der Waals surface area contributed by atoms with Gasteiger partial charge >= 0.3 is 0 Å². The van der Waals surface area contributed by atoms with Gasteiger partial charge in [0.15, 0.2) is 0 Å². The predicted octanol–water partition coefficient (Wildman–Crippen LogP) is 2.06. The molecule has 1 aromatic heterocycles. The van der Waals surface area contributed by atoms with Gasteiger partial charge in [0.2, 0.25) is 15.9 Å². The van der Waals surface area contributed by atoms with Crippen LogP contribution in [0.15, 0.2) is 29.2 Å². The third kappa shape index (κ3) is 4.25. The minimum absolute atomic E-state index is 0.0842. The lowest BCUT2D eigenvalue weighted by Crippen LogP contribution is -2.33. The number of benzene rings is 1. The average Bonchev–Trinajstić information content (AvgIpc) is 2.87. The van der Waals surface area contributed by atoms with Crippen LogP contribution in [-0.2, 0) is 30.2 Å². The smallest absolute Gasteiger partial charge is 0.243 e. The number of nitrogens with one attached hydrogen (secondary N) is 1. The molecule has 0 aliphatic rings. The molecule has 0 aliphatic carbocycles. The van der Waals surface area contributed by atoms with E-state index in [2.05, 4.69) is 10.4 Å². The maximum atomic E-state index is 12.5. The number of nitrogens with zero attached hydrogens (tertiary/aromatic N) is 3. The van der Waals surface area contributed by atoms with Crippen molar-refractivity contribution in [1.29, 1.82) is 0 Å². The van der Waals surface area contributed by atoms with E-state index in [1.54, 1.807) is 31.0 Å². The van der Waals surface area contributed by atoms with E-state index in [0.717, 1.165) is 22.7 Å². The monoisotopic (exact) mass is 380 g/mol. The van der Waals surface area contributed by atoms with Crippen molar-refractivity contribution < 1.29 is 13.2 Å². The zero-order valence-corrected chi connectivity index (χ0v) is 17.1. The molecule has 0 amide bonds. The van der Waals surface area contributed by atoms with Crippen LogP contribution in [0.1, 0.15) is 30.7 Å². The zero-order chi connectivity index (χ0) is 19.5. The first kappa shape index (κ1) is 20.4. The Hall–Kier alpha value is -1.90. The summed E-state index contributed by atoms with van der Waals surface area (Å²) in [7, 11) is 1.63. The summed E-state index contributed by atoms with van der Waals surface area (Å²) in [6, 6.07) is 6.89. The molecule has 1 heterocycles. The molecule has 0 saturated heterocycles. The Morgan fingerprint density at radius 1 is 1.23 bits per heavy atom. The van der Waals surface area contributed by atoms with Gasteiger partial charge < -0.3 is 10.1 Å². The SMILES string of the molecule is COc1c(CNCc2ccc(S(=O)(=O)N(C)C(C)C)cc2)c(C)nn1C. The Labute approximate surface area is 156 Å². The van der Waals surface area contributed by atoms with Gasteiger partial charge in [-0.05, 0) is 38.5 Å². The summed E-state index contributed by atoms with van der Waals surface area (Å²) in [5.41, 5.74) is 2.96. The lowest BCUT2D eigenvalue weighted by molar-refractivity contribution is 0.368. The van der Waals surface area contributed by atoms with Gasteiger partial charge in [-0.3, -0.25) is 0 Å². The minimum atomic E-state index is -3.44. The van der Waals surface area contributed by atoms with Crippen molar-refractivity contribution in [2.45, 2.75) is 44.8 Å². The average molecular weight is 381 g/mol. The van der Waals surface area contributed by atoms with Crippen LogP contribution in [0.3, 0.4) is 0 Å². The summed E-state index contributed by atoms with van der Waals surface area (Å²) >= 11 is 0. The summed E-state index contributed by atoms with van der Waals surface area (Å²) < 4.78 is 33.4. The zero-order valence-electron chi connectivity index (χ0n) is 16.3. The van der Waals surface area contributed by atoms with Gasteiger partial charge in [0.25, 0.3) is 0 Å². The maximum Gasteiger partial charge on any atom is 0.243 e. The standard InChI is InChI=1S/C18H28N4O3S/c1-13(2)22(5)26(23,24)16-9-7-15(8-10-16)11-19-12-17-14(3)20-21(4)18(17)25-6/h7-10,13,19H,11-12H2,1-6H3. The summed E-state index contributed by atoms with van der Waals surface area (Å²) in [6.45, 7) is 6.90. The Morgan fingerprint density at radius 2 is 1.85 bits per heavy atom. The Kier molecular flexibility index (Phi) is 6.44. The normalized spacial score (nSPS) is 12.2. The van der Waals surface area contributed by atoms with Crippen molar-refractivity contribution >= 4 is 10.0 Å². The first-order chi connectivity index (χ1) is 12.2. The van der Waals surface area contributed by atoms with E-state index >= 15 is 0 Å². The molecule has 0 fully saturated rings. The molecule has 8 heteroatoms. The van der Waals surface area contributed by atoms with Crippen molar-refractivity contribution in [2.24, 2.45) is 7.05 Å². The van der Waals surface area contributed by atoms with Crippen molar-refractivity contribution in [1.82, 2.24) is 19.4 Å². The fourth-order valence-corrected chi connectivity index (χ4v) is 4.06. The molecule has 1 aromatic carbocycles. The maximum absolute atomic E-state index is 12.5. The van der Waals surface area contributed by atoms with Gasteiger partial charge in [0.1, 0.15) is 0 Å². The van der Waals surface area contributed by atoms with E-state index < -0.39 is 10.0 Å². The highest BCUT2D eigenvalue weighted by Gasteiger charge is 2.22. The lowest BCUT2D eigenvalue weighted by Gasteiger charge is -2.21. The number of sulfonamides is 1. The number of hydrogen-bond acceptors (Lipinski definition) is 5. The lowest BCUT2D eigenvalue weighted by atomic mass is 10.2. The molecular weight excluding hydrogens is 352 g/mol. The number of aryl methyl sites for hydroxylation is 2. The largest absolute Gasteiger partial charge is 0.481 e. The summed E-state index contributed by atoms with van der Waals surface area (Å²) in [6.07, 6.45) is 0. The van der Waals surface area contributed by atoms with Gasteiger partial charge in [-0.1, -0.05) is 12.1 Å². The molecule has 26 heavy (non-hydrogen) atoms. The topological polar surface area (TPSA) is 76.5 Å². The third-order valence-electron chi connectivity index (χ3n) is 4.44. The Balaban J connectivity index is 2.03. The first-order valence-corrected chi connectivity index (χ1v) is 9.96. The molecule has 0 spiro atoms. The summed E-state index contributed by atoms with van der Waals surface area (Å²) in [4.78, 5) is 0.308. The molecule has 0 aliphatic heterocycles. The highest BCUT2D eigenvalue weighted by atomic mass is 32.2. The molecule has 2 aromatic rings. The minimum Gasteiger partial charge on any atom is -0.481 e. The second-order valence-electron chi connectivity index (χ2n) is 6.56. The van der Waals surface area contributed by atoms with Gasteiger partial charge in [0.05, 0.1) is 23.3 Å². The van der Waals surface area contributed by atoms with E-state index in [1.165, 1.54) is 4.31 Å². The van der Waals surface area contributed by atoms with Crippen LogP contribution in [0.2, 0.25) is 0 Å². The van der Waals surface area contributed by atoms with Gasteiger partial charge in [-0.25, -0.2) is 13.1 Å². The van der Waals surface area contributed by atoms with Gasteiger partial charge in [0, 0.05) is 33.2 Å². The molecule has 1 N–H and O–H groups in total. The van der Waals surface area contributed by atoms with Crippen molar-refractivity contribution in [2.75, 3.05) is 14.2 Å². The quantitative estimate of drug-likeness (QED) is 0.759. The van der Waals surface area contributed by atoms with Crippen LogP contribution in [0.25, 0.3) is 0 Å². The van der Waals surface area contributed by atoms with Crippen LogP contribution in [-0.4, -0.2) is 42.7 Å². The second kappa shape index (κ2) is 8.20. The highest BCUT2D eigenvalue weighted by Crippen LogP contribution is 2.21. The Morgan fingerprint density at radius 3 is 2.38 bits per heavy atom. The molecular formula is C18H28N4O3S. The van der Waals surface area contributed by atoms with Crippen molar-refractivity contribution in [3.63, 3.8) is 0 Å². The van der Waals surface area contributed by atoms with E-state index in [1.807, 2.05) is 40.0 Å². The van der Waals surface area contributed by atoms with Crippen LogP contribution in [0.4, 0.5) is 0 Å². The molecule has 0 bridgehead atoms. The van der Waals surface area contributed by atoms with E-state index in [4.69, 9.17) is 4.74 Å². The number of aromatic nitrogens is 2. The van der Waals surface area contributed by atoms with E-state index in [-0.39, 0.29) is 6.04 Å². The molecule has 0 radical (unpaired) electrons. The van der Waals surface area contributed by atoms with Crippen molar-refractivity contribution in [3.05, 3.63) is 41.1 Å². The Bertz CT molecular complexity index is 842. The van der Waals surface area contributed by atoms with Crippen molar-refractivity contribution in [3.8, 4) is 5.88 Å².